The van der Waals surface area contributed by atoms with Gasteiger partial charge in [-0.15, -0.1) is 0 Å². The summed E-state index contributed by atoms with van der Waals surface area (Å²) >= 11 is 3.03. The maximum Gasteiger partial charge on any atom is 0.326 e. The van der Waals surface area contributed by atoms with E-state index in [0.717, 1.165) is 6.42 Å². The summed E-state index contributed by atoms with van der Waals surface area (Å²) in [5, 5.41) is 17.1. The van der Waals surface area contributed by atoms with Crippen LogP contribution in [0.15, 0.2) is 0 Å². The standard InChI is InChI=1S/C19H34BrN3O8/c1-2-8-30-13-17(25)22-7-9-29-10-11-31-14-18(26)23-15(19(27)28)5-3-4-6-21-16(24)12-20/h15H,2-14H2,1H3,(H,21,24)(H,22,25)(H,23,26)(H,27,28)/t15-/m0/s1. The molecule has 0 heterocycles. The number of hydrogen-bond donors (Lipinski definition) is 4. The summed E-state index contributed by atoms with van der Waals surface area (Å²) in [6.45, 7) is 3.73. The van der Waals surface area contributed by atoms with Crippen molar-refractivity contribution in [1.82, 2.24) is 16.0 Å². The molecule has 0 aromatic rings. The molecule has 180 valence electrons. The summed E-state index contributed by atoms with van der Waals surface area (Å²) in [6, 6.07) is -1.01. The molecule has 0 aliphatic carbocycles. The van der Waals surface area contributed by atoms with Crippen LogP contribution >= 0.6 is 15.9 Å². The third kappa shape index (κ3) is 18.7. The number of carbonyl (C=O) groups excluding carboxylic acids is 3. The number of carboxylic acids is 1. The molecule has 11 nitrogen and oxygen atoms in total. The predicted octanol–water partition coefficient (Wildman–Crippen LogP) is -0.187. The Labute approximate surface area is 191 Å². The van der Waals surface area contributed by atoms with E-state index in [4.69, 9.17) is 14.2 Å². The van der Waals surface area contributed by atoms with Gasteiger partial charge in [0.2, 0.25) is 17.7 Å². The lowest BCUT2D eigenvalue weighted by atomic mass is 10.1. The largest absolute Gasteiger partial charge is 0.480 e. The quantitative estimate of drug-likeness (QED) is 0.129. The minimum atomic E-state index is -1.12. The predicted molar refractivity (Wildman–Crippen MR) is 116 cm³/mol. The van der Waals surface area contributed by atoms with Crippen LogP contribution in [0.1, 0.15) is 32.6 Å². The van der Waals surface area contributed by atoms with E-state index >= 15 is 0 Å². The Bertz CT molecular complexity index is 536. The lowest BCUT2D eigenvalue weighted by Gasteiger charge is -2.14. The topological polar surface area (TPSA) is 152 Å². The fourth-order valence-electron chi connectivity index (χ4n) is 2.25. The average Bonchev–Trinajstić information content (AvgIpc) is 2.74. The highest BCUT2D eigenvalue weighted by molar-refractivity contribution is 9.09. The Balaban J connectivity index is 3.72. The van der Waals surface area contributed by atoms with Crippen LogP contribution in [0, 0.1) is 0 Å². The number of ether oxygens (including phenoxy) is 3. The Hall–Kier alpha value is -1.76. The number of unbranched alkanes of at least 4 members (excludes halogenated alkanes) is 1. The molecule has 3 amide bonds. The monoisotopic (exact) mass is 511 g/mol. The first-order valence-electron chi connectivity index (χ1n) is 10.2. The van der Waals surface area contributed by atoms with Crippen LogP contribution in [0.2, 0.25) is 0 Å². The number of carboxylic acid groups (broad SMARTS) is 1. The number of carbonyl (C=O) groups is 4. The Morgan fingerprint density at radius 3 is 2.16 bits per heavy atom. The van der Waals surface area contributed by atoms with E-state index in [2.05, 4.69) is 31.9 Å². The first-order valence-corrected chi connectivity index (χ1v) is 11.4. The highest BCUT2D eigenvalue weighted by Crippen LogP contribution is 2.01. The fourth-order valence-corrected chi connectivity index (χ4v) is 2.45. The smallest absolute Gasteiger partial charge is 0.326 e. The molecule has 0 unspecified atom stereocenters. The first kappa shape index (κ1) is 29.2. The molecule has 0 fully saturated rings. The summed E-state index contributed by atoms with van der Waals surface area (Å²) in [4.78, 5) is 45.6. The average molecular weight is 512 g/mol. The first-order chi connectivity index (χ1) is 14.9. The summed E-state index contributed by atoms with van der Waals surface area (Å²) in [7, 11) is 0. The molecule has 0 aliphatic rings. The molecule has 0 bridgehead atoms. The lowest BCUT2D eigenvalue weighted by Crippen LogP contribution is -2.42. The molecular formula is C19H34BrN3O8. The number of alkyl halides is 1. The molecule has 0 saturated heterocycles. The molecule has 0 radical (unpaired) electrons. The zero-order valence-electron chi connectivity index (χ0n) is 18.0. The number of hydrogen-bond acceptors (Lipinski definition) is 7. The zero-order chi connectivity index (χ0) is 23.3. The van der Waals surface area contributed by atoms with Crippen LogP contribution in [0.25, 0.3) is 0 Å². The molecular weight excluding hydrogens is 478 g/mol. The Morgan fingerprint density at radius 1 is 0.839 bits per heavy atom. The normalized spacial score (nSPS) is 11.5. The van der Waals surface area contributed by atoms with Gasteiger partial charge in [0.25, 0.3) is 0 Å². The van der Waals surface area contributed by atoms with E-state index < -0.39 is 17.9 Å². The minimum Gasteiger partial charge on any atom is -0.480 e. The highest BCUT2D eigenvalue weighted by Gasteiger charge is 2.19. The van der Waals surface area contributed by atoms with Crippen LogP contribution in [0.4, 0.5) is 0 Å². The summed E-state index contributed by atoms with van der Waals surface area (Å²) in [5.74, 6) is -1.99. The van der Waals surface area contributed by atoms with Gasteiger partial charge in [-0.05, 0) is 25.7 Å². The van der Waals surface area contributed by atoms with E-state index in [1.165, 1.54) is 0 Å². The van der Waals surface area contributed by atoms with Crippen LogP contribution in [0.3, 0.4) is 0 Å². The summed E-state index contributed by atoms with van der Waals surface area (Å²) in [5.41, 5.74) is 0. The van der Waals surface area contributed by atoms with Crippen molar-refractivity contribution in [3.05, 3.63) is 0 Å². The van der Waals surface area contributed by atoms with Crippen molar-refractivity contribution in [3.63, 3.8) is 0 Å². The number of amides is 3. The third-order valence-corrected chi connectivity index (χ3v) is 4.26. The molecule has 0 spiro atoms. The maximum absolute atomic E-state index is 11.8. The summed E-state index contributed by atoms with van der Waals surface area (Å²) < 4.78 is 15.5. The van der Waals surface area contributed by atoms with E-state index in [0.29, 0.717) is 39.1 Å². The van der Waals surface area contributed by atoms with Gasteiger partial charge in [-0.25, -0.2) is 4.79 Å². The van der Waals surface area contributed by atoms with Gasteiger partial charge in [0.15, 0.2) is 0 Å². The molecule has 1 atom stereocenters. The van der Waals surface area contributed by atoms with Crippen LogP contribution in [-0.2, 0) is 33.4 Å². The van der Waals surface area contributed by atoms with Crippen molar-refractivity contribution in [1.29, 1.82) is 0 Å². The molecule has 12 heteroatoms. The van der Waals surface area contributed by atoms with Crippen LogP contribution in [-0.4, -0.2) is 92.9 Å². The van der Waals surface area contributed by atoms with Crippen molar-refractivity contribution < 1.29 is 38.5 Å². The van der Waals surface area contributed by atoms with Gasteiger partial charge >= 0.3 is 5.97 Å². The van der Waals surface area contributed by atoms with Crippen molar-refractivity contribution in [2.45, 2.75) is 38.6 Å². The number of rotatable bonds is 20. The molecule has 0 aromatic carbocycles. The second kappa shape index (κ2) is 20.2. The molecule has 0 rings (SSSR count). The molecule has 4 N–H and O–H groups in total. The maximum atomic E-state index is 11.8. The molecule has 0 saturated carbocycles. The van der Waals surface area contributed by atoms with Gasteiger partial charge in [0.05, 0.1) is 25.2 Å². The minimum absolute atomic E-state index is 0.0249. The van der Waals surface area contributed by atoms with Crippen molar-refractivity contribution in [3.8, 4) is 0 Å². The van der Waals surface area contributed by atoms with Crippen molar-refractivity contribution in [2.24, 2.45) is 0 Å². The second-order valence-corrected chi connectivity index (χ2v) is 7.07. The van der Waals surface area contributed by atoms with Crippen LogP contribution < -0.4 is 16.0 Å². The zero-order valence-corrected chi connectivity index (χ0v) is 19.5. The van der Waals surface area contributed by atoms with Gasteiger partial charge in [0, 0.05) is 19.7 Å². The highest BCUT2D eigenvalue weighted by atomic mass is 79.9. The Morgan fingerprint density at radius 2 is 1.48 bits per heavy atom. The second-order valence-electron chi connectivity index (χ2n) is 6.51. The molecule has 0 aromatic heterocycles. The molecule has 0 aliphatic heterocycles. The number of halogens is 1. The van der Waals surface area contributed by atoms with Gasteiger partial charge in [0.1, 0.15) is 19.3 Å². The van der Waals surface area contributed by atoms with Gasteiger partial charge in [-0.3, -0.25) is 14.4 Å². The van der Waals surface area contributed by atoms with Crippen LogP contribution in [0.5, 0.6) is 0 Å². The van der Waals surface area contributed by atoms with E-state index in [1.807, 2.05) is 6.92 Å². The van der Waals surface area contributed by atoms with Gasteiger partial charge in [-0.1, -0.05) is 22.9 Å². The van der Waals surface area contributed by atoms with Crippen molar-refractivity contribution >= 4 is 39.6 Å². The third-order valence-electron chi connectivity index (χ3n) is 3.75. The van der Waals surface area contributed by atoms with E-state index in [-0.39, 0.29) is 50.0 Å². The summed E-state index contributed by atoms with van der Waals surface area (Å²) in [6.07, 6.45) is 2.25. The Kier molecular flexibility index (Phi) is 19.0. The van der Waals surface area contributed by atoms with E-state index in [9.17, 15) is 24.3 Å². The van der Waals surface area contributed by atoms with Gasteiger partial charge in [-0.2, -0.15) is 0 Å². The van der Waals surface area contributed by atoms with Gasteiger partial charge < -0.3 is 35.3 Å². The lowest BCUT2D eigenvalue weighted by molar-refractivity contribution is -0.142. The number of nitrogens with one attached hydrogen (secondary N) is 3. The SMILES string of the molecule is CCCOCC(=O)NCCOCCOCC(=O)N[C@@H](CCCCNC(=O)CBr)C(=O)O. The molecule has 31 heavy (non-hydrogen) atoms. The van der Waals surface area contributed by atoms with Crippen molar-refractivity contribution in [2.75, 3.05) is 58.1 Å². The number of aliphatic carboxylic acids is 1. The van der Waals surface area contributed by atoms with E-state index in [1.54, 1.807) is 0 Å². The fraction of sp³-hybridized carbons (Fsp3) is 0.789.